The SMILES string of the molecule is COc1ccc(C(=O)N(Cc2ccccc2)C2CC(=O)N(c3ccc(-c4nc5ccc(C)cc5s4)cc3)C2=O)cc1. The van der Waals surface area contributed by atoms with Crippen LogP contribution in [0, 0.1) is 6.92 Å². The minimum Gasteiger partial charge on any atom is -0.497 e. The van der Waals surface area contributed by atoms with E-state index in [1.165, 1.54) is 15.4 Å². The maximum absolute atomic E-state index is 13.8. The van der Waals surface area contributed by atoms with Crippen LogP contribution in [0.15, 0.2) is 97.1 Å². The van der Waals surface area contributed by atoms with E-state index in [1.54, 1.807) is 54.8 Å². The number of methoxy groups -OCH3 is 1. The molecule has 41 heavy (non-hydrogen) atoms. The van der Waals surface area contributed by atoms with E-state index in [9.17, 15) is 14.4 Å². The standard InChI is InChI=1S/C33H27N3O4S/c1-21-8-17-27-29(18-21)41-31(34-27)23-9-13-25(14-10-23)36-30(37)19-28(33(36)39)35(20-22-6-4-3-5-7-22)32(38)24-11-15-26(40-2)16-12-24/h3-18,28H,19-20H2,1-2H3. The number of fused-ring (bicyclic) bond motifs is 1. The Balaban J connectivity index is 1.28. The molecule has 7 nitrogen and oxygen atoms in total. The first-order chi connectivity index (χ1) is 19.9. The number of carbonyl (C=O) groups excluding carboxylic acids is 3. The van der Waals surface area contributed by atoms with Crippen molar-refractivity contribution in [3.63, 3.8) is 0 Å². The summed E-state index contributed by atoms with van der Waals surface area (Å²) in [4.78, 5) is 48.2. The van der Waals surface area contributed by atoms with Crippen molar-refractivity contribution in [2.45, 2.75) is 25.9 Å². The number of amides is 3. The second kappa shape index (κ2) is 11.0. The molecular weight excluding hydrogens is 534 g/mol. The molecule has 2 heterocycles. The minimum absolute atomic E-state index is 0.0907. The smallest absolute Gasteiger partial charge is 0.257 e. The van der Waals surface area contributed by atoms with E-state index in [0.29, 0.717) is 17.0 Å². The highest BCUT2D eigenvalue weighted by Crippen LogP contribution is 2.33. The summed E-state index contributed by atoms with van der Waals surface area (Å²) in [6, 6.07) is 28.7. The third-order valence-electron chi connectivity index (χ3n) is 7.21. The summed E-state index contributed by atoms with van der Waals surface area (Å²) in [6.07, 6.45) is -0.0907. The Labute approximate surface area is 241 Å². The number of rotatable bonds is 7. The van der Waals surface area contributed by atoms with E-state index in [1.807, 2.05) is 54.6 Å². The fraction of sp³-hybridized carbons (Fsp3) is 0.152. The Hall–Kier alpha value is -4.82. The largest absolute Gasteiger partial charge is 0.497 e. The fourth-order valence-corrected chi connectivity index (χ4v) is 6.11. The number of benzene rings is 4. The van der Waals surface area contributed by atoms with Gasteiger partial charge in [0.25, 0.3) is 11.8 Å². The molecule has 6 rings (SSSR count). The van der Waals surface area contributed by atoms with Crippen molar-refractivity contribution in [1.29, 1.82) is 0 Å². The molecule has 3 amide bonds. The lowest BCUT2D eigenvalue weighted by Crippen LogP contribution is -2.45. The molecule has 0 aliphatic carbocycles. The lowest BCUT2D eigenvalue weighted by Gasteiger charge is -2.28. The van der Waals surface area contributed by atoms with Crippen LogP contribution < -0.4 is 9.64 Å². The van der Waals surface area contributed by atoms with Crippen molar-refractivity contribution in [2.24, 2.45) is 0 Å². The second-order valence-electron chi connectivity index (χ2n) is 9.97. The molecule has 0 radical (unpaired) electrons. The molecule has 204 valence electrons. The summed E-state index contributed by atoms with van der Waals surface area (Å²) in [5.41, 5.74) is 4.77. The highest BCUT2D eigenvalue weighted by Gasteiger charge is 2.44. The highest BCUT2D eigenvalue weighted by atomic mass is 32.1. The molecule has 1 aromatic heterocycles. The summed E-state index contributed by atoms with van der Waals surface area (Å²) in [7, 11) is 1.56. The van der Waals surface area contributed by atoms with Gasteiger partial charge in [0.15, 0.2) is 0 Å². The summed E-state index contributed by atoms with van der Waals surface area (Å²) >= 11 is 1.60. The van der Waals surface area contributed by atoms with Gasteiger partial charge in [-0.15, -0.1) is 11.3 Å². The lowest BCUT2D eigenvalue weighted by molar-refractivity contribution is -0.122. The number of aryl methyl sites for hydroxylation is 1. The fourth-order valence-electron chi connectivity index (χ4n) is 5.04. The topological polar surface area (TPSA) is 79.8 Å². The van der Waals surface area contributed by atoms with Gasteiger partial charge < -0.3 is 9.64 Å². The van der Waals surface area contributed by atoms with Gasteiger partial charge in [-0.2, -0.15) is 0 Å². The lowest BCUT2D eigenvalue weighted by atomic mass is 10.1. The van der Waals surface area contributed by atoms with E-state index >= 15 is 0 Å². The molecule has 1 atom stereocenters. The normalized spacial score (nSPS) is 15.0. The molecule has 1 unspecified atom stereocenters. The first kappa shape index (κ1) is 26.4. The van der Waals surface area contributed by atoms with Crippen LogP contribution in [-0.2, 0) is 16.1 Å². The van der Waals surface area contributed by atoms with Crippen molar-refractivity contribution < 1.29 is 19.1 Å². The van der Waals surface area contributed by atoms with Crippen LogP contribution in [0.4, 0.5) is 5.69 Å². The number of nitrogens with zero attached hydrogens (tertiary/aromatic N) is 3. The molecule has 0 N–H and O–H groups in total. The van der Waals surface area contributed by atoms with Crippen LogP contribution in [0.3, 0.4) is 0 Å². The molecule has 1 aliphatic heterocycles. The molecule has 0 spiro atoms. The molecule has 1 saturated heterocycles. The van der Waals surface area contributed by atoms with Gasteiger partial charge in [-0.05, 0) is 78.7 Å². The predicted molar refractivity (Wildman–Crippen MR) is 160 cm³/mol. The van der Waals surface area contributed by atoms with Crippen LogP contribution in [-0.4, -0.2) is 40.8 Å². The maximum Gasteiger partial charge on any atom is 0.257 e. The van der Waals surface area contributed by atoms with Crippen LogP contribution >= 0.6 is 11.3 Å². The van der Waals surface area contributed by atoms with E-state index in [2.05, 4.69) is 13.0 Å². The number of ether oxygens (including phenoxy) is 1. The van der Waals surface area contributed by atoms with Crippen LogP contribution in [0.25, 0.3) is 20.8 Å². The number of hydrogen-bond donors (Lipinski definition) is 0. The van der Waals surface area contributed by atoms with E-state index < -0.39 is 11.9 Å². The first-order valence-electron chi connectivity index (χ1n) is 13.2. The van der Waals surface area contributed by atoms with E-state index in [4.69, 9.17) is 9.72 Å². The molecule has 1 aliphatic rings. The Morgan fingerprint density at radius 3 is 2.41 bits per heavy atom. The summed E-state index contributed by atoms with van der Waals surface area (Å²) in [5.74, 6) is -0.468. The molecule has 4 aromatic carbocycles. The van der Waals surface area contributed by atoms with Crippen LogP contribution in [0.2, 0.25) is 0 Å². The van der Waals surface area contributed by atoms with Crippen molar-refractivity contribution in [3.8, 4) is 16.3 Å². The molecule has 0 bridgehead atoms. The second-order valence-corrected chi connectivity index (χ2v) is 11.0. The summed E-state index contributed by atoms with van der Waals surface area (Å²) in [6.45, 7) is 2.25. The summed E-state index contributed by atoms with van der Waals surface area (Å²) in [5, 5.41) is 0.869. The van der Waals surface area contributed by atoms with Crippen molar-refractivity contribution in [1.82, 2.24) is 9.88 Å². The predicted octanol–water partition coefficient (Wildman–Crippen LogP) is 6.25. The molecule has 8 heteroatoms. The highest BCUT2D eigenvalue weighted by molar-refractivity contribution is 7.21. The van der Waals surface area contributed by atoms with E-state index in [0.717, 1.165) is 26.4 Å². The molecular formula is C33H27N3O4S. The van der Waals surface area contributed by atoms with Crippen molar-refractivity contribution in [2.75, 3.05) is 12.0 Å². The zero-order chi connectivity index (χ0) is 28.5. The van der Waals surface area contributed by atoms with Gasteiger partial charge in [0.05, 0.1) is 29.4 Å². The Kier molecular flexibility index (Phi) is 7.07. The van der Waals surface area contributed by atoms with Crippen LogP contribution in [0.1, 0.15) is 27.9 Å². The zero-order valence-corrected chi connectivity index (χ0v) is 23.4. The monoisotopic (exact) mass is 561 g/mol. The van der Waals surface area contributed by atoms with Gasteiger partial charge in [-0.1, -0.05) is 36.4 Å². The number of hydrogen-bond acceptors (Lipinski definition) is 6. The average molecular weight is 562 g/mol. The van der Waals surface area contributed by atoms with Gasteiger partial charge in [0.2, 0.25) is 5.91 Å². The van der Waals surface area contributed by atoms with Gasteiger partial charge in [0.1, 0.15) is 16.8 Å². The molecule has 5 aromatic rings. The minimum atomic E-state index is -0.926. The summed E-state index contributed by atoms with van der Waals surface area (Å²) < 4.78 is 6.33. The third kappa shape index (κ3) is 5.21. The number of thiazole rings is 1. The molecule has 1 fully saturated rings. The molecule has 0 saturated carbocycles. The number of anilines is 1. The van der Waals surface area contributed by atoms with Gasteiger partial charge in [-0.3, -0.25) is 14.4 Å². The maximum atomic E-state index is 13.8. The van der Waals surface area contributed by atoms with Crippen molar-refractivity contribution in [3.05, 3.63) is 114 Å². The van der Waals surface area contributed by atoms with Gasteiger partial charge >= 0.3 is 0 Å². The van der Waals surface area contributed by atoms with Crippen LogP contribution in [0.5, 0.6) is 5.75 Å². The van der Waals surface area contributed by atoms with E-state index in [-0.39, 0.29) is 24.8 Å². The first-order valence-corrected chi connectivity index (χ1v) is 14.1. The van der Waals surface area contributed by atoms with Crippen molar-refractivity contribution >= 4 is 45.0 Å². The quantitative estimate of drug-likeness (QED) is 0.219. The third-order valence-corrected chi connectivity index (χ3v) is 8.28. The van der Waals surface area contributed by atoms with Gasteiger partial charge in [-0.25, -0.2) is 9.88 Å². The average Bonchev–Trinajstić information content (AvgIpc) is 3.55. The van der Waals surface area contributed by atoms with Gasteiger partial charge in [0, 0.05) is 17.7 Å². The Morgan fingerprint density at radius 2 is 1.71 bits per heavy atom. The Morgan fingerprint density at radius 1 is 0.976 bits per heavy atom. The number of imide groups is 1. The zero-order valence-electron chi connectivity index (χ0n) is 22.6. The Bertz CT molecular complexity index is 1750. The number of aromatic nitrogens is 1. The number of carbonyl (C=O) groups is 3.